The maximum absolute atomic E-state index is 11.8. The summed E-state index contributed by atoms with van der Waals surface area (Å²) in [7, 11) is 0. The van der Waals surface area contributed by atoms with Gasteiger partial charge in [0.15, 0.2) is 6.10 Å². The van der Waals surface area contributed by atoms with Gasteiger partial charge < -0.3 is 15.4 Å². The number of benzene rings is 1. The molecule has 1 unspecified atom stereocenters. The van der Waals surface area contributed by atoms with Crippen LogP contribution in [-0.4, -0.2) is 31.6 Å². The Kier molecular flexibility index (Phi) is 6.97. The number of ether oxygens (including phenoxy) is 1. The molecule has 1 aromatic carbocycles. The summed E-state index contributed by atoms with van der Waals surface area (Å²) in [6.45, 7) is 8.28. The SMILES string of the molecule is CCCNCCNC(=O)C(C)Oc1ccc(C)cc1. The van der Waals surface area contributed by atoms with Crippen molar-refractivity contribution in [2.24, 2.45) is 0 Å². The third kappa shape index (κ3) is 6.25. The van der Waals surface area contributed by atoms with Crippen LogP contribution in [0.5, 0.6) is 5.75 Å². The van der Waals surface area contributed by atoms with Crippen LogP contribution in [0.1, 0.15) is 25.8 Å². The largest absolute Gasteiger partial charge is 0.481 e. The molecule has 106 valence electrons. The first-order valence-corrected chi connectivity index (χ1v) is 6.85. The highest BCUT2D eigenvalue weighted by atomic mass is 16.5. The standard InChI is InChI=1S/C15H24N2O2/c1-4-9-16-10-11-17-15(18)13(3)19-14-7-5-12(2)6-8-14/h5-8,13,16H,4,9-11H2,1-3H3,(H,17,18). The number of hydrogen-bond acceptors (Lipinski definition) is 3. The Hall–Kier alpha value is -1.55. The van der Waals surface area contributed by atoms with E-state index < -0.39 is 6.10 Å². The van der Waals surface area contributed by atoms with Crippen LogP contribution in [0.2, 0.25) is 0 Å². The summed E-state index contributed by atoms with van der Waals surface area (Å²) in [6, 6.07) is 7.69. The number of aryl methyl sites for hydroxylation is 1. The van der Waals surface area contributed by atoms with Gasteiger partial charge in [-0.25, -0.2) is 0 Å². The second-order valence-corrected chi connectivity index (χ2v) is 4.61. The molecule has 2 N–H and O–H groups in total. The molecule has 1 aromatic rings. The van der Waals surface area contributed by atoms with E-state index in [0.717, 1.165) is 25.3 Å². The van der Waals surface area contributed by atoms with Crippen LogP contribution in [-0.2, 0) is 4.79 Å². The monoisotopic (exact) mass is 264 g/mol. The summed E-state index contributed by atoms with van der Waals surface area (Å²) >= 11 is 0. The maximum Gasteiger partial charge on any atom is 0.260 e. The zero-order valence-electron chi connectivity index (χ0n) is 12.0. The fourth-order valence-corrected chi connectivity index (χ4v) is 1.59. The van der Waals surface area contributed by atoms with Crippen LogP contribution in [0.3, 0.4) is 0 Å². The molecule has 0 heterocycles. The summed E-state index contributed by atoms with van der Waals surface area (Å²) in [5, 5.41) is 6.08. The van der Waals surface area contributed by atoms with Gasteiger partial charge in [0.05, 0.1) is 0 Å². The van der Waals surface area contributed by atoms with Crippen molar-refractivity contribution in [2.75, 3.05) is 19.6 Å². The molecule has 0 aliphatic rings. The van der Waals surface area contributed by atoms with E-state index in [9.17, 15) is 4.79 Å². The second-order valence-electron chi connectivity index (χ2n) is 4.61. The van der Waals surface area contributed by atoms with Gasteiger partial charge in [-0.05, 0) is 38.9 Å². The summed E-state index contributed by atoms with van der Waals surface area (Å²) < 4.78 is 5.58. The van der Waals surface area contributed by atoms with E-state index in [1.54, 1.807) is 6.92 Å². The lowest BCUT2D eigenvalue weighted by Gasteiger charge is -2.15. The molecule has 0 aliphatic carbocycles. The van der Waals surface area contributed by atoms with Crippen molar-refractivity contribution in [2.45, 2.75) is 33.3 Å². The lowest BCUT2D eigenvalue weighted by molar-refractivity contribution is -0.127. The maximum atomic E-state index is 11.8. The minimum atomic E-state index is -0.478. The molecule has 1 amide bonds. The van der Waals surface area contributed by atoms with Gasteiger partial charge >= 0.3 is 0 Å². The average Bonchev–Trinajstić information content (AvgIpc) is 2.41. The van der Waals surface area contributed by atoms with Crippen LogP contribution in [0.4, 0.5) is 0 Å². The van der Waals surface area contributed by atoms with E-state index in [-0.39, 0.29) is 5.91 Å². The number of carbonyl (C=O) groups excluding carboxylic acids is 1. The number of hydrogen-bond donors (Lipinski definition) is 2. The Morgan fingerprint density at radius 3 is 2.53 bits per heavy atom. The van der Waals surface area contributed by atoms with Crippen molar-refractivity contribution in [1.29, 1.82) is 0 Å². The molecular formula is C15H24N2O2. The second kappa shape index (κ2) is 8.53. The first kappa shape index (κ1) is 15.5. The van der Waals surface area contributed by atoms with Gasteiger partial charge in [0.25, 0.3) is 5.91 Å². The van der Waals surface area contributed by atoms with E-state index >= 15 is 0 Å². The van der Waals surface area contributed by atoms with E-state index in [2.05, 4.69) is 17.6 Å². The van der Waals surface area contributed by atoms with E-state index in [0.29, 0.717) is 6.54 Å². The molecule has 4 nitrogen and oxygen atoms in total. The Balaban J connectivity index is 2.26. The minimum absolute atomic E-state index is 0.0844. The number of rotatable bonds is 8. The summed E-state index contributed by atoms with van der Waals surface area (Å²) in [6.07, 6.45) is 0.620. The van der Waals surface area contributed by atoms with Crippen molar-refractivity contribution >= 4 is 5.91 Å². The van der Waals surface area contributed by atoms with E-state index in [1.807, 2.05) is 31.2 Å². The van der Waals surface area contributed by atoms with Crippen LogP contribution in [0.15, 0.2) is 24.3 Å². The van der Waals surface area contributed by atoms with Crippen LogP contribution < -0.4 is 15.4 Å². The smallest absolute Gasteiger partial charge is 0.260 e. The van der Waals surface area contributed by atoms with Gasteiger partial charge in [0, 0.05) is 13.1 Å². The molecule has 0 saturated heterocycles. The summed E-state index contributed by atoms with van der Waals surface area (Å²) in [5.41, 5.74) is 1.17. The van der Waals surface area contributed by atoms with Crippen molar-refractivity contribution in [3.8, 4) is 5.75 Å². The molecule has 4 heteroatoms. The first-order valence-electron chi connectivity index (χ1n) is 6.85. The Labute approximate surface area is 115 Å². The van der Waals surface area contributed by atoms with Crippen LogP contribution in [0.25, 0.3) is 0 Å². The molecule has 0 aromatic heterocycles. The normalized spacial score (nSPS) is 11.9. The van der Waals surface area contributed by atoms with Gasteiger partial charge in [0.1, 0.15) is 5.75 Å². The fourth-order valence-electron chi connectivity index (χ4n) is 1.59. The van der Waals surface area contributed by atoms with E-state index in [4.69, 9.17) is 4.74 Å². The third-order valence-corrected chi connectivity index (χ3v) is 2.73. The molecule has 0 bridgehead atoms. The van der Waals surface area contributed by atoms with Crippen LogP contribution in [0, 0.1) is 6.92 Å². The predicted octanol–water partition coefficient (Wildman–Crippen LogP) is 1.88. The summed E-state index contributed by atoms with van der Waals surface area (Å²) in [5.74, 6) is 0.635. The molecule has 0 radical (unpaired) electrons. The van der Waals surface area contributed by atoms with Crippen molar-refractivity contribution < 1.29 is 9.53 Å². The third-order valence-electron chi connectivity index (χ3n) is 2.73. The summed E-state index contributed by atoms with van der Waals surface area (Å²) in [4.78, 5) is 11.8. The molecular weight excluding hydrogens is 240 g/mol. The minimum Gasteiger partial charge on any atom is -0.481 e. The van der Waals surface area contributed by atoms with Gasteiger partial charge in [0.2, 0.25) is 0 Å². The quantitative estimate of drug-likeness (QED) is 0.705. The Morgan fingerprint density at radius 1 is 1.21 bits per heavy atom. The molecule has 1 atom stereocenters. The van der Waals surface area contributed by atoms with Gasteiger partial charge in [-0.3, -0.25) is 4.79 Å². The average molecular weight is 264 g/mol. The highest BCUT2D eigenvalue weighted by Gasteiger charge is 2.13. The number of nitrogens with one attached hydrogen (secondary N) is 2. The zero-order valence-corrected chi connectivity index (χ0v) is 12.0. The Morgan fingerprint density at radius 2 is 1.89 bits per heavy atom. The van der Waals surface area contributed by atoms with Crippen molar-refractivity contribution in [3.05, 3.63) is 29.8 Å². The van der Waals surface area contributed by atoms with E-state index in [1.165, 1.54) is 5.56 Å². The zero-order chi connectivity index (χ0) is 14.1. The number of carbonyl (C=O) groups is 1. The van der Waals surface area contributed by atoms with Crippen LogP contribution >= 0.6 is 0 Å². The van der Waals surface area contributed by atoms with Crippen molar-refractivity contribution in [1.82, 2.24) is 10.6 Å². The highest BCUT2D eigenvalue weighted by Crippen LogP contribution is 2.13. The fraction of sp³-hybridized carbons (Fsp3) is 0.533. The first-order chi connectivity index (χ1) is 9.13. The van der Waals surface area contributed by atoms with Gasteiger partial charge in [-0.1, -0.05) is 24.6 Å². The molecule has 19 heavy (non-hydrogen) atoms. The Bertz CT molecular complexity index is 376. The predicted molar refractivity (Wildman–Crippen MR) is 77.4 cm³/mol. The van der Waals surface area contributed by atoms with Crippen molar-refractivity contribution in [3.63, 3.8) is 0 Å². The molecule has 0 aliphatic heterocycles. The molecule has 1 rings (SSSR count). The van der Waals surface area contributed by atoms with Gasteiger partial charge in [-0.2, -0.15) is 0 Å². The highest BCUT2D eigenvalue weighted by molar-refractivity contribution is 5.80. The lowest BCUT2D eigenvalue weighted by Crippen LogP contribution is -2.39. The molecule has 0 fully saturated rings. The van der Waals surface area contributed by atoms with Gasteiger partial charge in [-0.15, -0.1) is 0 Å². The molecule has 0 spiro atoms. The number of amides is 1. The topological polar surface area (TPSA) is 50.4 Å². The molecule has 0 saturated carbocycles. The lowest BCUT2D eigenvalue weighted by atomic mass is 10.2.